The van der Waals surface area contributed by atoms with E-state index < -0.39 is 26.4 Å². The second-order valence-corrected chi connectivity index (χ2v) is 15.5. The molecule has 0 aromatic heterocycles. The molecule has 1 heterocycles. The fourth-order valence-corrected chi connectivity index (χ4v) is 5.46. The molecule has 2 aromatic rings. The SMILES string of the molecule is CCOC(=O)[C@H]1[C@H](O[Si](C)(C)C(C)(C)C)[C@H](Cc2ccccc2)NC(=O)N1Cc1ccc(OC)cc1. The van der Waals surface area contributed by atoms with Crippen LogP contribution < -0.4 is 10.1 Å². The van der Waals surface area contributed by atoms with Gasteiger partial charge in [0.05, 0.1) is 25.9 Å². The first-order chi connectivity index (χ1) is 17.0. The number of rotatable bonds is 9. The standard InChI is InChI=1S/C28H40N2O5Si/c1-8-34-26(31)24-25(35-36(6,7)28(2,3)4)23(18-20-12-10-9-11-13-20)29-27(32)30(24)19-21-14-16-22(33-5)17-15-21/h9-17,23-25H,8,18-19H2,1-7H3,(H,29,32)/t23-,24+,25+/m0/s1. The van der Waals surface area contributed by atoms with Crippen LogP contribution in [0.15, 0.2) is 54.6 Å². The molecule has 2 aromatic carbocycles. The number of hydrogen-bond donors (Lipinski definition) is 1. The van der Waals surface area contributed by atoms with E-state index in [4.69, 9.17) is 13.9 Å². The van der Waals surface area contributed by atoms with E-state index in [0.717, 1.165) is 16.9 Å². The Bertz CT molecular complexity index is 1020. The summed E-state index contributed by atoms with van der Waals surface area (Å²) < 4.78 is 17.7. The van der Waals surface area contributed by atoms with Gasteiger partial charge in [0.2, 0.25) is 0 Å². The first-order valence-electron chi connectivity index (χ1n) is 12.5. The molecular weight excluding hydrogens is 472 g/mol. The van der Waals surface area contributed by atoms with Gasteiger partial charge in [0.25, 0.3) is 0 Å². The number of carbonyl (C=O) groups is 2. The topological polar surface area (TPSA) is 77.1 Å². The van der Waals surface area contributed by atoms with Gasteiger partial charge in [-0.3, -0.25) is 0 Å². The van der Waals surface area contributed by atoms with E-state index in [1.165, 1.54) is 0 Å². The van der Waals surface area contributed by atoms with Crippen molar-refractivity contribution >= 4 is 20.3 Å². The number of methoxy groups -OCH3 is 1. The molecule has 1 saturated heterocycles. The van der Waals surface area contributed by atoms with Crippen LogP contribution in [-0.4, -0.2) is 57.1 Å². The van der Waals surface area contributed by atoms with Crippen LogP contribution in [0.4, 0.5) is 4.79 Å². The monoisotopic (exact) mass is 512 g/mol. The Balaban J connectivity index is 2.03. The van der Waals surface area contributed by atoms with Crippen molar-refractivity contribution in [2.75, 3.05) is 13.7 Å². The Morgan fingerprint density at radius 3 is 2.22 bits per heavy atom. The van der Waals surface area contributed by atoms with Gasteiger partial charge < -0.3 is 24.1 Å². The molecule has 3 atom stereocenters. The van der Waals surface area contributed by atoms with Gasteiger partial charge in [-0.25, -0.2) is 9.59 Å². The Morgan fingerprint density at radius 1 is 1.03 bits per heavy atom. The number of ether oxygens (including phenoxy) is 2. The number of hydrogen-bond acceptors (Lipinski definition) is 5. The highest BCUT2D eigenvalue weighted by Crippen LogP contribution is 2.39. The molecule has 1 fully saturated rings. The van der Waals surface area contributed by atoms with Crippen molar-refractivity contribution in [1.82, 2.24) is 10.2 Å². The number of urea groups is 1. The van der Waals surface area contributed by atoms with Gasteiger partial charge in [-0.1, -0.05) is 63.2 Å². The lowest BCUT2D eigenvalue weighted by Gasteiger charge is -2.49. The van der Waals surface area contributed by atoms with Crippen LogP contribution in [0.25, 0.3) is 0 Å². The summed E-state index contributed by atoms with van der Waals surface area (Å²) in [6.07, 6.45) is -0.0147. The summed E-state index contributed by atoms with van der Waals surface area (Å²) in [6, 6.07) is 15.9. The third-order valence-electron chi connectivity index (χ3n) is 7.19. The number of esters is 1. The van der Waals surface area contributed by atoms with Crippen molar-refractivity contribution in [3.8, 4) is 5.75 Å². The fraction of sp³-hybridized carbons (Fsp3) is 0.500. The molecule has 0 saturated carbocycles. The van der Waals surface area contributed by atoms with Gasteiger partial charge in [-0.05, 0) is 54.7 Å². The largest absolute Gasteiger partial charge is 0.497 e. The number of nitrogens with one attached hydrogen (secondary N) is 1. The zero-order valence-corrected chi connectivity index (χ0v) is 23.5. The average Bonchev–Trinajstić information content (AvgIpc) is 2.82. The summed E-state index contributed by atoms with van der Waals surface area (Å²) in [5.74, 6) is 0.286. The number of nitrogens with zero attached hydrogens (tertiary/aromatic N) is 1. The van der Waals surface area contributed by atoms with Gasteiger partial charge in [0.1, 0.15) is 5.75 Å². The maximum Gasteiger partial charge on any atom is 0.331 e. The van der Waals surface area contributed by atoms with Crippen molar-refractivity contribution in [3.63, 3.8) is 0 Å². The quantitative estimate of drug-likeness (QED) is 0.371. The average molecular weight is 513 g/mol. The van der Waals surface area contributed by atoms with Gasteiger partial charge in [-0.2, -0.15) is 0 Å². The number of benzene rings is 2. The first-order valence-corrected chi connectivity index (χ1v) is 15.5. The van der Waals surface area contributed by atoms with Gasteiger partial charge in [0.15, 0.2) is 14.4 Å². The van der Waals surface area contributed by atoms with E-state index in [9.17, 15) is 9.59 Å². The zero-order chi connectivity index (χ0) is 26.5. The molecule has 0 spiro atoms. The van der Waals surface area contributed by atoms with Crippen LogP contribution in [0, 0.1) is 0 Å². The molecule has 1 N–H and O–H groups in total. The minimum atomic E-state index is -2.32. The molecule has 36 heavy (non-hydrogen) atoms. The van der Waals surface area contributed by atoms with Gasteiger partial charge in [0, 0.05) is 6.54 Å². The third kappa shape index (κ3) is 6.47. The van der Waals surface area contributed by atoms with Crippen molar-refractivity contribution in [1.29, 1.82) is 0 Å². The molecular formula is C28H40N2O5Si. The lowest BCUT2D eigenvalue weighted by molar-refractivity contribution is -0.154. The van der Waals surface area contributed by atoms with Crippen LogP contribution in [-0.2, 0) is 26.9 Å². The molecule has 3 rings (SSSR count). The number of amides is 2. The highest BCUT2D eigenvalue weighted by atomic mass is 28.4. The molecule has 7 nitrogen and oxygen atoms in total. The second-order valence-electron chi connectivity index (χ2n) is 10.8. The molecule has 2 amide bonds. The van der Waals surface area contributed by atoms with E-state index in [1.807, 2.05) is 54.6 Å². The molecule has 1 aliphatic heterocycles. The normalized spacial score (nSPS) is 20.6. The Labute approximate surface area is 216 Å². The van der Waals surface area contributed by atoms with Crippen LogP contribution in [0.2, 0.25) is 18.1 Å². The van der Waals surface area contributed by atoms with Crippen molar-refractivity contribution in [2.24, 2.45) is 0 Å². The summed E-state index contributed by atoms with van der Waals surface area (Å²) in [4.78, 5) is 28.5. The van der Waals surface area contributed by atoms with Crippen molar-refractivity contribution in [3.05, 3.63) is 65.7 Å². The first kappa shape index (κ1) is 27.7. The Hall–Kier alpha value is -2.84. The van der Waals surface area contributed by atoms with E-state index in [2.05, 4.69) is 39.2 Å². The second kappa shape index (κ2) is 11.5. The Morgan fingerprint density at radius 2 is 1.67 bits per heavy atom. The number of carbonyl (C=O) groups excluding carboxylic acids is 2. The molecule has 8 heteroatoms. The van der Waals surface area contributed by atoms with Crippen LogP contribution >= 0.6 is 0 Å². The lowest BCUT2D eigenvalue weighted by Crippen LogP contribution is -2.70. The molecule has 0 radical (unpaired) electrons. The third-order valence-corrected chi connectivity index (χ3v) is 11.7. The van der Waals surface area contributed by atoms with E-state index in [0.29, 0.717) is 6.42 Å². The predicted molar refractivity (Wildman–Crippen MR) is 143 cm³/mol. The summed E-state index contributed by atoms with van der Waals surface area (Å²) in [6.45, 7) is 13.1. The smallest absolute Gasteiger partial charge is 0.331 e. The zero-order valence-electron chi connectivity index (χ0n) is 22.5. The molecule has 0 bridgehead atoms. The summed E-state index contributed by atoms with van der Waals surface area (Å²) in [5, 5.41) is 3.08. The minimum Gasteiger partial charge on any atom is -0.497 e. The predicted octanol–water partition coefficient (Wildman–Crippen LogP) is 5.15. The molecule has 0 unspecified atom stereocenters. The van der Waals surface area contributed by atoms with Crippen LogP contribution in [0.5, 0.6) is 5.75 Å². The fourth-order valence-electron chi connectivity index (χ4n) is 4.13. The van der Waals surface area contributed by atoms with Gasteiger partial charge in [-0.15, -0.1) is 0 Å². The van der Waals surface area contributed by atoms with E-state index in [-0.39, 0.29) is 30.3 Å². The van der Waals surface area contributed by atoms with E-state index in [1.54, 1.807) is 18.9 Å². The van der Waals surface area contributed by atoms with Crippen molar-refractivity contribution in [2.45, 2.75) is 77.0 Å². The highest BCUT2D eigenvalue weighted by molar-refractivity contribution is 6.74. The minimum absolute atomic E-state index is 0.0776. The summed E-state index contributed by atoms with van der Waals surface area (Å²) in [5.41, 5.74) is 1.95. The van der Waals surface area contributed by atoms with Crippen molar-refractivity contribution < 1.29 is 23.5 Å². The molecule has 1 aliphatic rings. The lowest BCUT2D eigenvalue weighted by atomic mass is 9.93. The van der Waals surface area contributed by atoms with Crippen LogP contribution in [0.3, 0.4) is 0 Å². The maximum atomic E-state index is 13.5. The highest BCUT2D eigenvalue weighted by Gasteiger charge is 2.51. The maximum absolute atomic E-state index is 13.5. The van der Waals surface area contributed by atoms with Gasteiger partial charge >= 0.3 is 12.0 Å². The summed E-state index contributed by atoms with van der Waals surface area (Å²) in [7, 11) is -0.710. The molecule has 196 valence electrons. The Kier molecular flexibility index (Phi) is 8.84. The molecule has 0 aliphatic carbocycles. The summed E-state index contributed by atoms with van der Waals surface area (Å²) >= 11 is 0. The van der Waals surface area contributed by atoms with Crippen LogP contribution in [0.1, 0.15) is 38.8 Å². The van der Waals surface area contributed by atoms with E-state index >= 15 is 0 Å².